The van der Waals surface area contributed by atoms with Crippen LogP contribution in [-0.2, 0) is 4.79 Å². The number of ether oxygens (including phenoxy) is 1. The minimum atomic E-state index is -0.727. The number of methoxy groups -OCH3 is 1. The highest BCUT2D eigenvalue weighted by Crippen LogP contribution is 2.38. The summed E-state index contributed by atoms with van der Waals surface area (Å²) in [7, 11) is 1.51. The Morgan fingerprint density at radius 1 is 1.13 bits per heavy atom. The van der Waals surface area contributed by atoms with Gasteiger partial charge in [0.05, 0.1) is 24.2 Å². The molecule has 1 atom stereocenters. The van der Waals surface area contributed by atoms with E-state index in [-0.39, 0.29) is 11.8 Å². The number of hydrogen-bond donors (Lipinski definition) is 1. The van der Waals surface area contributed by atoms with Crippen LogP contribution in [0, 0.1) is 0 Å². The first kappa shape index (κ1) is 18.7. The molecule has 3 aromatic carbocycles. The first-order chi connectivity index (χ1) is 15.1. The topological polar surface area (TPSA) is 102 Å². The summed E-state index contributed by atoms with van der Waals surface area (Å²) >= 11 is 0. The summed E-state index contributed by atoms with van der Waals surface area (Å²) < 4.78 is 6.92. The Labute approximate surface area is 177 Å². The number of rotatable bonds is 5. The lowest BCUT2D eigenvalue weighted by Crippen LogP contribution is -2.44. The normalized spacial score (nSPS) is 13.5. The second-order valence-corrected chi connectivity index (χ2v) is 7.16. The van der Waals surface area contributed by atoms with Gasteiger partial charge >= 0.3 is 0 Å². The fourth-order valence-electron chi connectivity index (χ4n) is 3.88. The monoisotopic (exact) mass is 414 g/mol. The summed E-state index contributed by atoms with van der Waals surface area (Å²) in [5.41, 5.74) is 2.51. The maximum atomic E-state index is 13.1. The minimum Gasteiger partial charge on any atom is -0.494 e. The fourth-order valence-corrected chi connectivity index (χ4v) is 3.88. The van der Waals surface area contributed by atoms with Crippen LogP contribution in [-0.4, -0.2) is 45.2 Å². The summed E-state index contributed by atoms with van der Waals surface area (Å²) in [5, 5.41) is 15.8. The number of amides is 2. The third kappa shape index (κ3) is 2.98. The maximum Gasteiger partial charge on any atom is 0.259 e. The van der Waals surface area contributed by atoms with E-state index in [1.807, 2.05) is 30.3 Å². The van der Waals surface area contributed by atoms with E-state index in [0.29, 0.717) is 22.7 Å². The first-order valence-corrected chi connectivity index (χ1v) is 9.66. The number of nitrogens with one attached hydrogen (secondary N) is 1. The predicted octanol–water partition coefficient (Wildman–Crippen LogP) is 2.81. The van der Waals surface area contributed by atoms with Crippen molar-refractivity contribution in [2.24, 2.45) is 0 Å². The maximum absolute atomic E-state index is 13.1. The molecule has 0 radical (unpaired) electrons. The molecule has 1 aliphatic heterocycles. The molecule has 9 heteroatoms. The van der Waals surface area contributed by atoms with Crippen molar-refractivity contribution in [3.63, 3.8) is 0 Å². The van der Waals surface area contributed by atoms with Gasteiger partial charge < -0.3 is 10.1 Å². The zero-order valence-electron chi connectivity index (χ0n) is 16.8. The van der Waals surface area contributed by atoms with Gasteiger partial charge in [0.1, 0.15) is 18.1 Å². The number of anilines is 2. The van der Waals surface area contributed by atoms with Gasteiger partial charge in [-0.1, -0.05) is 24.3 Å². The van der Waals surface area contributed by atoms with Crippen LogP contribution >= 0.6 is 0 Å². The first-order valence-electron chi connectivity index (χ1n) is 9.66. The van der Waals surface area contributed by atoms with Gasteiger partial charge in [0.15, 0.2) is 0 Å². The molecule has 1 aromatic heterocycles. The highest BCUT2D eigenvalue weighted by Gasteiger charge is 2.35. The highest BCUT2D eigenvalue weighted by atomic mass is 16.5. The average molecular weight is 414 g/mol. The van der Waals surface area contributed by atoms with Gasteiger partial charge in [-0.2, -0.15) is 0 Å². The van der Waals surface area contributed by atoms with Gasteiger partial charge in [-0.15, -0.1) is 5.10 Å². The Balaban J connectivity index is 1.43. The highest BCUT2D eigenvalue weighted by molar-refractivity contribution is 6.27. The number of tetrazole rings is 1. The molecule has 2 amide bonds. The van der Waals surface area contributed by atoms with E-state index in [1.54, 1.807) is 31.2 Å². The summed E-state index contributed by atoms with van der Waals surface area (Å²) in [6, 6.07) is 15.8. The Morgan fingerprint density at radius 3 is 2.68 bits per heavy atom. The quantitative estimate of drug-likeness (QED) is 0.539. The molecule has 2 heterocycles. The van der Waals surface area contributed by atoms with Crippen LogP contribution in [0.4, 0.5) is 11.4 Å². The fraction of sp³-hybridized carbons (Fsp3) is 0.136. The summed E-state index contributed by atoms with van der Waals surface area (Å²) in [6.45, 7) is 1.71. The number of aromatic nitrogens is 4. The minimum absolute atomic E-state index is 0.185. The summed E-state index contributed by atoms with van der Waals surface area (Å²) in [4.78, 5) is 27.7. The van der Waals surface area contributed by atoms with Crippen LogP contribution < -0.4 is 15.0 Å². The zero-order chi connectivity index (χ0) is 21.5. The standard InChI is InChI=1S/C22H18N6O3/c1-13(28-18-8-4-6-14-5-3-7-16(20(14)18)22(28)30)21(29)24-17-10-9-15(11-19(17)31-2)27-12-23-25-26-27/h3-13H,1-2H3,(H,24,29). The van der Waals surface area contributed by atoms with Crippen molar-refractivity contribution >= 4 is 34.0 Å². The van der Waals surface area contributed by atoms with Crippen molar-refractivity contribution in [3.05, 3.63) is 66.5 Å². The molecule has 9 nitrogen and oxygen atoms in total. The molecule has 0 saturated carbocycles. The van der Waals surface area contributed by atoms with Crippen LogP contribution in [0.25, 0.3) is 16.5 Å². The average Bonchev–Trinajstić information content (AvgIpc) is 3.42. The van der Waals surface area contributed by atoms with Crippen LogP contribution in [0.15, 0.2) is 60.9 Å². The molecular formula is C22H18N6O3. The lowest BCUT2D eigenvalue weighted by Gasteiger charge is -2.25. The van der Waals surface area contributed by atoms with Gasteiger partial charge in [0.2, 0.25) is 5.91 Å². The Morgan fingerprint density at radius 2 is 1.94 bits per heavy atom. The molecule has 4 aromatic rings. The van der Waals surface area contributed by atoms with Crippen molar-refractivity contribution in [2.45, 2.75) is 13.0 Å². The van der Waals surface area contributed by atoms with Gasteiger partial charge in [0, 0.05) is 17.0 Å². The molecule has 5 rings (SSSR count). The van der Waals surface area contributed by atoms with E-state index in [4.69, 9.17) is 4.74 Å². The Hall–Kier alpha value is -4.27. The molecule has 0 saturated heterocycles. The molecular weight excluding hydrogens is 396 g/mol. The van der Waals surface area contributed by atoms with E-state index in [1.165, 1.54) is 23.0 Å². The predicted molar refractivity (Wildman–Crippen MR) is 115 cm³/mol. The van der Waals surface area contributed by atoms with Crippen molar-refractivity contribution in [1.29, 1.82) is 0 Å². The number of hydrogen-bond acceptors (Lipinski definition) is 6. The van der Waals surface area contributed by atoms with Crippen LogP contribution in [0.3, 0.4) is 0 Å². The van der Waals surface area contributed by atoms with Gasteiger partial charge in [-0.25, -0.2) is 4.68 Å². The largest absolute Gasteiger partial charge is 0.494 e. The van der Waals surface area contributed by atoms with Crippen LogP contribution in [0.5, 0.6) is 5.75 Å². The molecule has 0 spiro atoms. The van der Waals surface area contributed by atoms with E-state index < -0.39 is 6.04 Å². The second kappa shape index (κ2) is 7.21. The van der Waals surface area contributed by atoms with Crippen molar-refractivity contribution in [2.75, 3.05) is 17.3 Å². The van der Waals surface area contributed by atoms with E-state index in [9.17, 15) is 9.59 Å². The molecule has 0 bridgehead atoms. The molecule has 154 valence electrons. The molecule has 31 heavy (non-hydrogen) atoms. The lowest BCUT2D eigenvalue weighted by atomic mass is 10.1. The number of carbonyl (C=O) groups is 2. The van der Waals surface area contributed by atoms with Crippen LogP contribution in [0.1, 0.15) is 17.3 Å². The number of benzene rings is 3. The number of nitrogens with zero attached hydrogens (tertiary/aromatic N) is 5. The van der Waals surface area contributed by atoms with Gasteiger partial charge in [-0.05, 0) is 47.0 Å². The van der Waals surface area contributed by atoms with Crippen molar-refractivity contribution in [3.8, 4) is 11.4 Å². The van der Waals surface area contributed by atoms with E-state index in [2.05, 4.69) is 20.8 Å². The number of carbonyl (C=O) groups excluding carboxylic acids is 2. The lowest BCUT2D eigenvalue weighted by molar-refractivity contribution is -0.117. The van der Waals surface area contributed by atoms with Crippen molar-refractivity contribution < 1.29 is 14.3 Å². The SMILES string of the molecule is COc1cc(-n2cnnn2)ccc1NC(=O)C(C)N1C(=O)c2cccc3cccc1c23. The Bertz CT molecular complexity index is 1310. The van der Waals surface area contributed by atoms with E-state index in [0.717, 1.165) is 16.5 Å². The molecule has 1 N–H and O–H groups in total. The summed E-state index contributed by atoms with van der Waals surface area (Å²) in [6.07, 6.45) is 1.46. The molecule has 0 fully saturated rings. The van der Waals surface area contributed by atoms with Gasteiger partial charge in [0.25, 0.3) is 5.91 Å². The third-order valence-electron chi connectivity index (χ3n) is 5.41. The van der Waals surface area contributed by atoms with Crippen molar-refractivity contribution in [1.82, 2.24) is 20.2 Å². The Kier molecular flexibility index (Phi) is 4.36. The zero-order valence-corrected chi connectivity index (χ0v) is 16.8. The van der Waals surface area contributed by atoms with Crippen LogP contribution in [0.2, 0.25) is 0 Å². The van der Waals surface area contributed by atoms with E-state index >= 15 is 0 Å². The third-order valence-corrected chi connectivity index (χ3v) is 5.41. The molecule has 1 unspecified atom stereocenters. The van der Waals surface area contributed by atoms with Gasteiger partial charge in [-0.3, -0.25) is 14.5 Å². The summed E-state index contributed by atoms with van der Waals surface area (Å²) in [5.74, 6) is -0.0613. The molecule has 1 aliphatic rings. The molecule has 0 aliphatic carbocycles. The second-order valence-electron chi connectivity index (χ2n) is 7.16. The smallest absolute Gasteiger partial charge is 0.259 e.